The second kappa shape index (κ2) is 7.94. The van der Waals surface area contributed by atoms with Gasteiger partial charge in [0.2, 0.25) is 0 Å². The van der Waals surface area contributed by atoms with E-state index in [0.717, 1.165) is 43.9 Å². The number of rotatable bonds is 4. The minimum atomic E-state index is -0.0548. The first-order chi connectivity index (χ1) is 13.7. The Kier molecular flexibility index (Phi) is 5.21. The molecule has 3 aromatic rings. The van der Waals surface area contributed by atoms with Gasteiger partial charge in [-0.05, 0) is 49.4 Å². The zero-order valence-corrected chi connectivity index (χ0v) is 16.2. The van der Waals surface area contributed by atoms with E-state index < -0.39 is 0 Å². The summed E-state index contributed by atoms with van der Waals surface area (Å²) in [4.78, 5) is 15.1. The van der Waals surface area contributed by atoms with E-state index in [1.807, 2.05) is 30.3 Å². The van der Waals surface area contributed by atoms with Crippen molar-refractivity contribution >= 4 is 16.7 Å². The maximum absolute atomic E-state index is 12.8. The highest BCUT2D eigenvalue weighted by atomic mass is 16.5. The first-order valence-electron chi connectivity index (χ1n) is 9.45. The van der Waals surface area contributed by atoms with Crippen LogP contribution in [0.15, 0.2) is 51.7 Å². The number of ether oxygens (including phenoxy) is 2. The van der Waals surface area contributed by atoms with Crippen LogP contribution in [0.3, 0.4) is 0 Å². The molecule has 0 saturated carbocycles. The summed E-state index contributed by atoms with van der Waals surface area (Å²) < 4.78 is 16.7. The minimum Gasteiger partial charge on any atom is -0.493 e. The molecule has 1 aromatic heterocycles. The Balaban J connectivity index is 1.73. The van der Waals surface area contributed by atoms with Crippen LogP contribution in [-0.2, 0) is 0 Å². The lowest BCUT2D eigenvalue weighted by Gasteiger charge is -2.22. The predicted molar refractivity (Wildman–Crippen MR) is 111 cm³/mol. The first-order valence-corrected chi connectivity index (χ1v) is 9.45. The third-order valence-corrected chi connectivity index (χ3v) is 5.08. The molecule has 2 heterocycles. The van der Waals surface area contributed by atoms with Gasteiger partial charge in [0.15, 0.2) is 16.9 Å². The maximum Gasteiger partial charge on any atom is 0.193 e. The molecule has 2 aromatic carbocycles. The van der Waals surface area contributed by atoms with Crippen molar-refractivity contribution in [2.75, 3.05) is 45.3 Å². The highest BCUT2D eigenvalue weighted by Crippen LogP contribution is 2.33. The third-order valence-electron chi connectivity index (χ3n) is 5.08. The molecule has 1 aliphatic heterocycles. The normalized spacial score (nSPS) is 14.7. The molecule has 0 atom stereocenters. The molecule has 1 N–H and O–H groups in total. The Morgan fingerprint density at radius 1 is 0.964 bits per heavy atom. The fraction of sp³-hybridized carbons (Fsp3) is 0.318. The van der Waals surface area contributed by atoms with Gasteiger partial charge in [-0.25, -0.2) is 0 Å². The SMILES string of the molecule is COc1ccc(-c2cc(=O)c3cc(N4CCCNCC4)ccc3o2)cc1OC. The Hall–Kier alpha value is -2.99. The van der Waals surface area contributed by atoms with Crippen LogP contribution in [0.4, 0.5) is 5.69 Å². The van der Waals surface area contributed by atoms with Gasteiger partial charge < -0.3 is 24.1 Å². The monoisotopic (exact) mass is 380 g/mol. The summed E-state index contributed by atoms with van der Waals surface area (Å²) in [7, 11) is 3.17. The Morgan fingerprint density at radius 3 is 2.64 bits per heavy atom. The molecule has 1 fully saturated rings. The van der Waals surface area contributed by atoms with E-state index in [0.29, 0.717) is 28.2 Å². The molecule has 4 rings (SSSR count). The predicted octanol–water partition coefficient (Wildman–Crippen LogP) is 3.28. The molecule has 146 valence electrons. The van der Waals surface area contributed by atoms with Crippen molar-refractivity contribution in [3.63, 3.8) is 0 Å². The summed E-state index contributed by atoms with van der Waals surface area (Å²) in [6.45, 7) is 3.89. The van der Waals surface area contributed by atoms with Gasteiger partial charge in [-0.2, -0.15) is 0 Å². The number of nitrogens with zero attached hydrogens (tertiary/aromatic N) is 1. The van der Waals surface area contributed by atoms with Gasteiger partial charge >= 0.3 is 0 Å². The molecule has 0 amide bonds. The molecule has 1 aliphatic rings. The smallest absolute Gasteiger partial charge is 0.193 e. The van der Waals surface area contributed by atoms with E-state index in [9.17, 15) is 4.79 Å². The van der Waals surface area contributed by atoms with Gasteiger partial charge in [0, 0.05) is 37.0 Å². The van der Waals surface area contributed by atoms with Gasteiger partial charge in [0.05, 0.1) is 19.6 Å². The van der Waals surface area contributed by atoms with Gasteiger partial charge in [0.25, 0.3) is 0 Å². The lowest BCUT2D eigenvalue weighted by Crippen LogP contribution is -2.27. The topological polar surface area (TPSA) is 63.9 Å². The molecule has 6 nitrogen and oxygen atoms in total. The molecular formula is C22H24N2O4. The molecule has 28 heavy (non-hydrogen) atoms. The third kappa shape index (κ3) is 3.55. The van der Waals surface area contributed by atoms with E-state index >= 15 is 0 Å². The van der Waals surface area contributed by atoms with E-state index in [4.69, 9.17) is 13.9 Å². The number of hydrogen-bond donors (Lipinski definition) is 1. The fourth-order valence-corrected chi connectivity index (χ4v) is 3.58. The molecular weight excluding hydrogens is 356 g/mol. The number of hydrogen-bond acceptors (Lipinski definition) is 6. The molecule has 0 spiro atoms. The molecule has 1 saturated heterocycles. The Morgan fingerprint density at radius 2 is 1.82 bits per heavy atom. The van der Waals surface area contributed by atoms with Gasteiger partial charge in [-0.3, -0.25) is 4.79 Å². The number of methoxy groups -OCH3 is 2. The van der Waals surface area contributed by atoms with E-state index in [-0.39, 0.29) is 5.43 Å². The standard InChI is InChI=1S/C22H24N2O4/c1-26-20-6-4-15(12-22(20)27-2)21-14-18(25)17-13-16(5-7-19(17)28-21)24-10-3-8-23-9-11-24/h4-7,12-14,23H,3,8-11H2,1-2H3. The van der Waals surface area contributed by atoms with Crippen molar-refractivity contribution in [1.82, 2.24) is 5.32 Å². The number of benzene rings is 2. The molecule has 6 heteroatoms. The van der Waals surface area contributed by atoms with Gasteiger partial charge in [-0.15, -0.1) is 0 Å². The second-order valence-electron chi connectivity index (χ2n) is 6.82. The Labute approximate surface area is 163 Å². The van der Waals surface area contributed by atoms with Crippen LogP contribution in [0, 0.1) is 0 Å². The number of nitrogens with one attached hydrogen (secondary N) is 1. The highest BCUT2D eigenvalue weighted by molar-refractivity contribution is 5.82. The maximum atomic E-state index is 12.8. The zero-order chi connectivity index (χ0) is 19.5. The van der Waals surface area contributed by atoms with Crippen LogP contribution in [0.1, 0.15) is 6.42 Å². The van der Waals surface area contributed by atoms with Crippen LogP contribution in [0.2, 0.25) is 0 Å². The molecule has 0 radical (unpaired) electrons. The van der Waals surface area contributed by atoms with E-state index in [1.165, 1.54) is 6.07 Å². The highest BCUT2D eigenvalue weighted by Gasteiger charge is 2.14. The van der Waals surface area contributed by atoms with Gasteiger partial charge in [-0.1, -0.05) is 0 Å². The van der Waals surface area contributed by atoms with E-state index in [2.05, 4.69) is 10.2 Å². The second-order valence-corrected chi connectivity index (χ2v) is 6.82. The van der Waals surface area contributed by atoms with Crippen molar-refractivity contribution < 1.29 is 13.9 Å². The average Bonchev–Trinajstić information content (AvgIpc) is 3.02. The summed E-state index contributed by atoms with van der Waals surface area (Å²) in [5.41, 5.74) is 2.34. The minimum absolute atomic E-state index is 0.0548. The lowest BCUT2D eigenvalue weighted by molar-refractivity contribution is 0.355. The summed E-state index contributed by atoms with van der Waals surface area (Å²) in [5.74, 6) is 1.73. The van der Waals surface area contributed by atoms with Crippen molar-refractivity contribution in [3.8, 4) is 22.8 Å². The van der Waals surface area contributed by atoms with Crippen molar-refractivity contribution in [2.24, 2.45) is 0 Å². The van der Waals surface area contributed by atoms with Crippen molar-refractivity contribution in [2.45, 2.75) is 6.42 Å². The van der Waals surface area contributed by atoms with Crippen molar-refractivity contribution in [3.05, 3.63) is 52.7 Å². The van der Waals surface area contributed by atoms with Crippen LogP contribution in [-0.4, -0.2) is 40.4 Å². The van der Waals surface area contributed by atoms with Crippen LogP contribution >= 0.6 is 0 Å². The fourth-order valence-electron chi connectivity index (χ4n) is 3.58. The van der Waals surface area contributed by atoms with Crippen LogP contribution in [0.5, 0.6) is 11.5 Å². The van der Waals surface area contributed by atoms with E-state index in [1.54, 1.807) is 20.3 Å². The largest absolute Gasteiger partial charge is 0.493 e. The number of fused-ring (bicyclic) bond motifs is 1. The molecule has 0 aliphatic carbocycles. The lowest BCUT2D eigenvalue weighted by atomic mass is 10.1. The summed E-state index contributed by atoms with van der Waals surface area (Å²) in [5, 5.41) is 3.99. The summed E-state index contributed by atoms with van der Waals surface area (Å²) in [6, 6.07) is 12.8. The van der Waals surface area contributed by atoms with Gasteiger partial charge in [0.1, 0.15) is 11.3 Å². The molecule has 0 unspecified atom stereocenters. The quantitative estimate of drug-likeness (QED) is 0.749. The average molecular weight is 380 g/mol. The zero-order valence-electron chi connectivity index (χ0n) is 16.2. The van der Waals surface area contributed by atoms with Crippen LogP contribution < -0.4 is 25.1 Å². The summed E-state index contributed by atoms with van der Waals surface area (Å²) >= 11 is 0. The molecule has 0 bridgehead atoms. The first kappa shape index (κ1) is 18.4. The van der Waals surface area contributed by atoms with Crippen molar-refractivity contribution in [1.29, 1.82) is 0 Å². The Bertz CT molecular complexity index is 1040. The van der Waals surface area contributed by atoms with Crippen LogP contribution in [0.25, 0.3) is 22.3 Å². The summed E-state index contributed by atoms with van der Waals surface area (Å²) in [6.07, 6.45) is 1.09. The number of anilines is 1.